The lowest BCUT2D eigenvalue weighted by molar-refractivity contribution is -0.142. The first-order valence-electron chi connectivity index (χ1n) is 10.8. The zero-order chi connectivity index (χ0) is 22.1. The summed E-state index contributed by atoms with van der Waals surface area (Å²) in [6.45, 7) is 5.23. The van der Waals surface area contributed by atoms with E-state index in [0.29, 0.717) is 48.4 Å². The summed E-state index contributed by atoms with van der Waals surface area (Å²) >= 11 is 6.29. The number of rotatable bonds is 5. The molecule has 5 nitrogen and oxygen atoms in total. The Morgan fingerprint density at radius 1 is 1.20 bits per heavy atom. The van der Waals surface area contributed by atoms with Crippen LogP contribution in [0.4, 0.5) is 4.39 Å². The molecule has 8 heteroatoms. The van der Waals surface area contributed by atoms with Crippen molar-refractivity contribution in [3.63, 3.8) is 0 Å². The van der Waals surface area contributed by atoms with Crippen LogP contribution in [0.2, 0.25) is 5.02 Å². The summed E-state index contributed by atoms with van der Waals surface area (Å²) in [4.78, 5) is 15.5. The maximum Gasteiger partial charge on any atom is 0.226 e. The van der Waals surface area contributed by atoms with Crippen LogP contribution in [0.25, 0.3) is 0 Å². The van der Waals surface area contributed by atoms with E-state index in [4.69, 9.17) is 11.6 Å². The topological polar surface area (TPSA) is 57.7 Å². The van der Waals surface area contributed by atoms with Gasteiger partial charge in [-0.15, -0.1) is 0 Å². The number of hydrogen-bond acceptors (Lipinski definition) is 3. The quantitative estimate of drug-likeness (QED) is 0.660. The third kappa shape index (κ3) is 5.17. The predicted molar refractivity (Wildman–Crippen MR) is 117 cm³/mol. The Balaban J connectivity index is 1.85. The molecule has 2 fully saturated rings. The van der Waals surface area contributed by atoms with E-state index in [-0.39, 0.29) is 24.4 Å². The second-order valence-electron chi connectivity index (χ2n) is 8.94. The van der Waals surface area contributed by atoms with E-state index >= 15 is 0 Å². The van der Waals surface area contributed by atoms with Gasteiger partial charge >= 0.3 is 0 Å². The van der Waals surface area contributed by atoms with Crippen LogP contribution < -0.4 is 0 Å². The van der Waals surface area contributed by atoms with Gasteiger partial charge in [0.2, 0.25) is 15.9 Å². The van der Waals surface area contributed by atoms with Gasteiger partial charge in [0, 0.05) is 35.6 Å². The zero-order valence-corrected chi connectivity index (χ0v) is 19.6. The summed E-state index contributed by atoms with van der Waals surface area (Å²) in [5.74, 6) is 0.140. The van der Waals surface area contributed by atoms with Gasteiger partial charge in [0.15, 0.2) is 0 Å². The molecule has 168 valence electrons. The van der Waals surface area contributed by atoms with Crippen molar-refractivity contribution in [3.05, 3.63) is 34.6 Å². The molecule has 30 heavy (non-hydrogen) atoms. The van der Waals surface area contributed by atoms with Crippen molar-refractivity contribution in [1.29, 1.82) is 0 Å². The van der Waals surface area contributed by atoms with Gasteiger partial charge in [-0.1, -0.05) is 44.4 Å². The molecule has 0 radical (unpaired) electrons. The number of carbonyl (C=O) groups excluding carboxylic acids is 1. The molecule has 3 rings (SSSR count). The molecule has 0 unspecified atom stereocenters. The number of benzene rings is 1. The standard InChI is InChI=1S/C22H32ClFN2O3S/c1-15-6-4-9-21(16(15)2)26(14-18-19(23)7-5-8-20(18)24)22(27)17-10-12-25(13-11-17)30(3,28)29/h5,7-8,15-17,21H,4,6,9-14H2,1-3H3/t15-,16+,21-/m1/s1. The van der Waals surface area contributed by atoms with Crippen molar-refractivity contribution < 1.29 is 17.6 Å². The number of halogens is 2. The molecule has 0 spiro atoms. The Labute approximate surface area is 184 Å². The van der Waals surface area contributed by atoms with Gasteiger partial charge in [0.25, 0.3) is 0 Å². The van der Waals surface area contributed by atoms with Crippen molar-refractivity contribution in [2.24, 2.45) is 17.8 Å². The van der Waals surface area contributed by atoms with Gasteiger partial charge in [0.1, 0.15) is 5.82 Å². The molecule has 1 saturated carbocycles. The van der Waals surface area contributed by atoms with Crippen LogP contribution in [0.15, 0.2) is 18.2 Å². The fourth-order valence-electron chi connectivity index (χ4n) is 4.87. The summed E-state index contributed by atoms with van der Waals surface area (Å²) in [6.07, 6.45) is 5.25. The second kappa shape index (κ2) is 9.53. The van der Waals surface area contributed by atoms with Crippen molar-refractivity contribution in [2.75, 3.05) is 19.3 Å². The molecule has 1 amide bonds. The summed E-state index contributed by atoms with van der Waals surface area (Å²) in [5.41, 5.74) is 0.353. The highest BCUT2D eigenvalue weighted by atomic mass is 35.5. The molecule has 1 aliphatic carbocycles. The highest BCUT2D eigenvalue weighted by molar-refractivity contribution is 7.88. The predicted octanol–water partition coefficient (Wildman–Crippen LogP) is 4.30. The SMILES string of the molecule is C[C@H]1[C@H](C)CCC[C@H]1N(Cc1c(F)cccc1Cl)C(=O)C1CCN(S(C)(=O)=O)CC1. The number of amides is 1. The molecule has 3 atom stereocenters. The van der Waals surface area contributed by atoms with Gasteiger partial charge in [0.05, 0.1) is 12.8 Å². The lowest BCUT2D eigenvalue weighted by Crippen LogP contribution is -2.51. The summed E-state index contributed by atoms with van der Waals surface area (Å²) < 4.78 is 39.6. The minimum Gasteiger partial charge on any atom is -0.335 e. The molecule has 2 aliphatic rings. The average Bonchev–Trinajstić information content (AvgIpc) is 2.69. The molecule has 1 aromatic carbocycles. The third-order valence-electron chi connectivity index (χ3n) is 7.01. The van der Waals surface area contributed by atoms with Crippen LogP contribution in [0, 0.1) is 23.6 Å². The molecule has 1 aliphatic heterocycles. The van der Waals surface area contributed by atoms with E-state index in [2.05, 4.69) is 13.8 Å². The molecule has 0 aromatic heterocycles. The van der Waals surface area contributed by atoms with Crippen LogP contribution in [-0.4, -0.2) is 48.9 Å². The first kappa shape index (κ1) is 23.5. The summed E-state index contributed by atoms with van der Waals surface area (Å²) in [5, 5.41) is 0.330. The highest BCUT2D eigenvalue weighted by Crippen LogP contribution is 2.36. The minimum atomic E-state index is -3.25. The molecule has 1 aromatic rings. The molecule has 1 heterocycles. The maximum absolute atomic E-state index is 14.5. The average molecular weight is 459 g/mol. The van der Waals surface area contributed by atoms with Crippen LogP contribution in [-0.2, 0) is 21.4 Å². The number of sulfonamides is 1. The van der Waals surface area contributed by atoms with Crippen molar-refractivity contribution >= 4 is 27.5 Å². The Bertz CT molecular complexity index is 851. The number of hydrogen-bond donors (Lipinski definition) is 0. The highest BCUT2D eigenvalue weighted by Gasteiger charge is 2.38. The van der Waals surface area contributed by atoms with Crippen LogP contribution >= 0.6 is 11.6 Å². The van der Waals surface area contributed by atoms with Gasteiger partial charge in [-0.05, 0) is 43.2 Å². The van der Waals surface area contributed by atoms with Gasteiger partial charge in [-0.3, -0.25) is 4.79 Å². The van der Waals surface area contributed by atoms with E-state index in [0.717, 1.165) is 19.3 Å². The lowest BCUT2D eigenvalue weighted by atomic mass is 9.76. The molecule has 1 saturated heterocycles. The van der Waals surface area contributed by atoms with Crippen LogP contribution in [0.1, 0.15) is 51.5 Å². The molecular weight excluding hydrogens is 427 g/mol. The Kier molecular flexibility index (Phi) is 7.46. The number of nitrogens with zero attached hydrogens (tertiary/aromatic N) is 2. The van der Waals surface area contributed by atoms with Crippen LogP contribution in [0.3, 0.4) is 0 Å². The zero-order valence-electron chi connectivity index (χ0n) is 18.0. The fourth-order valence-corrected chi connectivity index (χ4v) is 5.97. The Morgan fingerprint density at radius 2 is 1.87 bits per heavy atom. The third-order valence-corrected chi connectivity index (χ3v) is 8.67. The van der Waals surface area contributed by atoms with E-state index in [9.17, 15) is 17.6 Å². The Hall–Kier alpha value is -1.18. The minimum absolute atomic E-state index is 0.00609. The smallest absolute Gasteiger partial charge is 0.226 e. The van der Waals surface area contributed by atoms with Crippen molar-refractivity contribution in [2.45, 2.75) is 58.5 Å². The Morgan fingerprint density at radius 3 is 2.47 bits per heavy atom. The van der Waals surface area contributed by atoms with Crippen molar-refractivity contribution in [3.8, 4) is 0 Å². The molecular formula is C22H32ClFN2O3S. The van der Waals surface area contributed by atoms with E-state index in [1.807, 2.05) is 4.90 Å². The molecule has 0 N–H and O–H groups in total. The van der Waals surface area contributed by atoms with E-state index in [1.165, 1.54) is 16.6 Å². The number of carbonyl (C=O) groups is 1. The summed E-state index contributed by atoms with van der Waals surface area (Å²) in [6, 6.07) is 4.63. The lowest BCUT2D eigenvalue weighted by Gasteiger charge is -2.44. The molecule has 0 bridgehead atoms. The maximum atomic E-state index is 14.5. The summed E-state index contributed by atoms with van der Waals surface area (Å²) in [7, 11) is -3.25. The monoisotopic (exact) mass is 458 g/mol. The fraction of sp³-hybridized carbons (Fsp3) is 0.682. The van der Waals surface area contributed by atoms with Gasteiger partial charge in [-0.25, -0.2) is 17.1 Å². The largest absolute Gasteiger partial charge is 0.335 e. The van der Waals surface area contributed by atoms with E-state index in [1.54, 1.807) is 12.1 Å². The number of piperidine rings is 1. The van der Waals surface area contributed by atoms with Crippen LogP contribution in [0.5, 0.6) is 0 Å². The first-order valence-corrected chi connectivity index (χ1v) is 13.0. The normalized spacial score (nSPS) is 26.5. The van der Waals surface area contributed by atoms with Crippen molar-refractivity contribution in [1.82, 2.24) is 9.21 Å². The first-order chi connectivity index (χ1) is 14.1. The van der Waals surface area contributed by atoms with E-state index < -0.39 is 15.8 Å². The van der Waals surface area contributed by atoms with Gasteiger partial charge in [-0.2, -0.15) is 0 Å². The second-order valence-corrected chi connectivity index (χ2v) is 11.3. The van der Waals surface area contributed by atoms with Gasteiger partial charge < -0.3 is 4.90 Å².